The maximum absolute atomic E-state index is 12.2. The maximum Gasteiger partial charge on any atom is 0.387 e. The van der Waals surface area contributed by atoms with Crippen LogP contribution in [0.5, 0.6) is 5.75 Å². The van der Waals surface area contributed by atoms with Gasteiger partial charge in [0.1, 0.15) is 5.75 Å². The highest BCUT2D eigenvalue weighted by atomic mass is 19.3. The van der Waals surface area contributed by atoms with Crippen LogP contribution in [0, 0.1) is 0 Å². The number of nitrogens with zero attached hydrogens (tertiary/aromatic N) is 2. The van der Waals surface area contributed by atoms with Gasteiger partial charge in [-0.3, -0.25) is 19.4 Å². The van der Waals surface area contributed by atoms with Gasteiger partial charge in [0.05, 0.1) is 13.1 Å². The standard InChI is InChI=1S/C19H27F2N3O4/c1-23(13-18(26)27)15-3-2-9-24(10-8-15)12-17(25)22-11-14-4-6-16(7-5-14)28-19(20)21/h4-7,15,19H,2-3,8-13H2,1H3,(H,22,25)(H,26,27). The number of hydrogen-bond donors (Lipinski definition) is 2. The average Bonchev–Trinajstić information content (AvgIpc) is 2.86. The number of likely N-dealkylation sites (tertiary alicyclic amines) is 1. The summed E-state index contributed by atoms with van der Waals surface area (Å²) in [6.07, 6.45) is 2.64. The van der Waals surface area contributed by atoms with Crippen LogP contribution in [0.3, 0.4) is 0 Å². The highest BCUT2D eigenvalue weighted by molar-refractivity contribution is 5.78. The van der Waals surface area contributed by atoms with E-state index in [0.29, 0.717) is 6.54 Å². The summed E-state index contributed by atoms with van der Waals surface area (Å²) in [6, 6.07) is 6.35. The van der Waals surface area contributed by atoms with Gasteiger partial charge in [-0.05, 0) is 50.6 Å². The van der Waals surface area contributed by atoms with Gasteiger partial charge in [-0.2, -0.15) is 8.78 Å². The van der Waals surface area contributed by atoms with Crippen LogP contribution >= 0.6 is 0 Å². The fraction of sp³-hybridized carbons (Fsp3) is 0.579. The van der Waals surface area contributed by atoms with Gasteiger partial charge in [-0.1, -0.05) is 12.1 Å². The molecule has 1 unspecified atom stereocenters. The largest absolute Gasteiger partial charge is 0.480 e. The third-order valence-corrected chi connectivity index (χ3v) is 4.80. The minimum Gasteiger partial charge on any atom is -0.480 e. The Bertz CT molecular complexity index is 643. The summed E-state index contributed by atoms with van der Waals surface area (Å²) in [4.78, 5) is 27.0. The second-order valence-electron chi connectivity index (χ2n) is 6.97. The summed E-state index contributed by atoms with van der Waals surface area (Å²) in [7, 11) is 1.82. The highest BCUT2D eigenvalue weighted by Crippen LogP contribution is 2.16. The third kappa shape index (κ3) is 7.77. The molecule has 2 N–H and O–H groups in total. The van der Waals surface area contributed by atoms with Crippen LogP contribution in [0.4, 0.5) is 8.78 Å². The molecule has 1 amide bonds. The molecule has 1 aliphatic heterocycles. The zero-order valence-corrected chi connectivity index (χ0v) is 15.9. The molecule has 2 rings (SSSR count). The number of ether oxygens (including phenoxy) is 1. The Kier molecular flexibility index (Phi) is 8.59. The molecule has 1 aromatic rings. The van der Waals surface area contributed by atoms with Crippen LogP contribution in [0.15, 0.2) is 24.3 Å². The van der Waals surface area contributed by atoms with E-state index >= 15 is 0 Å². The van der Waals surface area contributed by atoms with Gasteiger partial charge in [0.15, 0.2) is 0 Å². The van der Waals surface area contributed by atoms with E-state index in [1.807, 2.05) is 11.9 Å². The van der Waals surface area contributed by atoms with Crippen molar-refractivity contribution in [3.8, 4) is 5.75 Å². The summed E-state index contributed by atoms with van der Waals surface area (Å²) in [5, 5.41) is 11.7. The predicted octanol–water partition coefficient (Wildman–Crippen LogP) is 1.78. The van der Waals surface area contributed by atoms with Gasteiger partial charge in [-0.25, -0.2) is 0 Å². The number of carbonyl (C=O) groups is 2. The SMILES string of the molecule is CN(CC(=O)O)C1CCCN(CC(=O)NCc2ccc(OC(F)F)cc2)CC1. The van der Waals surface area contributed by atoms with Gasteiger partial charge in [0, 0.05) is 19.1 Å². The third-order valence-electron chi connectivity index (χ3n) is 4.80. The molecule has 1 heterocycles. The molecule has 7 nitrogen and oxygen atoms in total. The van der Waals surface area contributed by atoms with E-state index in [9.17, 15) is 18.4 Å². The van der Waals surface area contributed by atoms with Crippen LogP contribution in [-0.2, 0) is 16.1 Å². The molecule has 28 heavy (non-hydrogen) atoms. The Morgan fingerprint density at radius 2 is 2.00 bits per heavy atom. The number of likely N-dealkylation sites (N-methyl/N-ethyl adjacent to an activating group) is 1. The molecule has 1 saturated heterocycles. The van der Waals surface area contributed by atoms with Crippen LogP contribution < -0.4 is 10.1 Å². The first-order valence-electron chi connectivity index (χ1n) is 9.28. The molecule has 1 atom stereocenters. The molecule has 0 aliphatic carbocycles. The van der Waals surface area contributed by atoms with Gasteiger partial charge in [-0.15, -0.1) is 0 Å². The molecular formula is C19H27F2N3O4. The predicted molar refractivity (Wildman–Crippen MR) is 99.3 cm³/mol. The lowest BCUT2D eigenvalue weighted by atomic mass is 10.1. The molecule has 0 radical (unpaired) electrons. The zero-order chi connectivity index (χ0) is 20.5. The lowest BCUT2D eigenvalue weighted by molar-refractivity contribution is -0.138. The topological polar surface area (TPSA) is 82.1 Å². The quantitative estimate of drug-likeness (QED) is 0.659. The number of carboxylic acid groups (broad SMARTS) is 1. The number of aliphatic carboxylic acids is 1. The summed E-state index contributed by atoms with van der Waals surface area (Å²) >= 11 is 0. The van der Waals surface area contributed by atoms with Crippen LogP contribution in [0.25, 0.3) is 0 Å². The van der Waals surface area contributed by atoms with E-state index in [1.54, 1.807) is 12.1 Å². The van der Waals surface area contributed by atoms with Crippen LogP contribution in [0.2, 0.25) is 0 Å². The molecule has 0 bridgehead atoms. The molecular weight excluding hydrogens is 372 g/mol. The number of rotatable bonds is 9. The Hall–Kier alpha value is -2.26. The summed E-state index contributed by atoms with van der Waals surface area (Å²) in [5.74, 6) is -0.862. The average molecular weight is 399 g/mol. The minimum absolute atomic E-state index is 0.0201. The Morgan fingerprint density at radius 1 is 1.29 bits per heavy atom. The summed E-state index contributed by atoms with van der Waals surface area (Å²) < 4.78 is 28.6. The van der Waals surface area contributed by atoms with Gasteiger partial charge in [0.2, 0.25) is 5.91 Å². The minimum atomic E-state index is -2.86. The Labute approximate surface area is 163 Å². The first-order chi connectivity index (χ1) is 13.3. The van der Waals surface area contributed by atoms with E-state index in [1.165, 1.54) is 12.1 Å². The normalized spacial score (nSPS) is 18.1. The molecule has 1 fully saturated rings. The monoisotopic (exact) mass is 399 g/mol. The Balaban J connectivity index is 1.73. The van der Waals surface area contributed by atoms with Crippen molar-refractivity contribution in [3.05, 3.63) is 29.8 Å². The van der Waals surface area contributed by atoms with Gasteiger partial charge < -0.3 is 15.2 Å². The number of benzene rings is 1. The number of carbonyl (C=O) groups excluding carboxylic acids is 1. The van der Waals surface area contributed by atoms with Crippen molar-refractivity contribution in [2.24, 2.45) is 0 Å². The van der Waals surface area contributed by atoms with E-state index in [4.69, 9.17) is 5.11 Å². The van der Waals surface area contributed by atoms with Crippen molar-refractivity contribution in [1.29, 1.82) is 0 Å². The molecule has 1 aliphatic rings. The van der Waals surface area contributed by atoms with Crippen molar-refractivity contribution in [1.82, 2.24) is 15.1 Å². The highest BCUT2D eigenvalue weighted by Gasteiger charge is 2.22. The smallest absolute Gasteiger partial charge is 0.387 e. The Morgan fingerprint density at radius 3 is 2.64 bits per heavy atom. The van der Waals surface area contributed by atoms with E-state index in [0.717, 1.165) is 37.9 Å². The lowest BCUT2D eigenvalue weighted by Gasteiger charge is -2.25. The van der Waals surface area contributed by atoms with Gasteiger partial charge >= 0.3 is 12.6 Å². The molecule has 0 spiro atoms. The maximum atomic E-state index is 12.2. The molecule has 0 aromatic heterocycles. The fourth-order valence-corrected chi connectivity index (χ4v) is 3.33. The number of alkyl halides is 2. The molecule has 1 aromatic carbocycles. The van der Waals surface area contributed by atoms with Crippen LogP contribution in [0.1, 0.15) is 24.8 Å². The number of carboxylic acids is 1. The lowest BCUT2D eigenvalue weighted by Crippen LogP contribution is -2.39. The number of hydrogen-bond acceptors (Lipinski definition) is 5. The molecule has 156 valence electrons. The first-order valence-corrected chi connectivity index (χ1v) is 9.28. The van der Waals surface area contributed by atoms with Crippen molar-refractivity contribution in [2.75, 3.05) is 33.2 Å². The second-order valence-corrected chi connectivity index (χ2v) is 6.97. The van der Waals surface area contributed by atoms with Crippen molar-refractivity contribution >= 4 is 11.9 Å². The molecule has 0 saturated carbocycles. The van der Waals surface area contributed by atoms with E-state index in [-0.39, 0.29) is 30.8 Å². The molecule has 9 heteroatoms. The zero-order valence-electron chi connectivity index (χ0n) is 15.9. The van der Waals surface area contributed by atoms with E-state index < -0.39 is 12.6 Å². The van der Waals surface area contributed by atoms with Crippen molar-refractivity contribution in [3.63, 3.8) is 0 Å². The van der Waals surface area contributed by atoms with Gasteiger partial charge in [0.25, 0.3) is 0 Å². The van der Waals surface area contributed by atoms with Crippen molar-refractivity contribution in [2.45, 2.75) is 38.5 Å². The summed E-state index contributed by atoms with van der Waals surface area (Å²) in [6.45, 7) is -0.714. The first kappa shape index (κ1) is 22.0. The van der Waals surface area contributed by atoms with Crippen LogP contribution in [-0.4, -0.2) is 72.7 Å². The van der Waals surface area contributed by atoms with E-state index in [2.05, 4.69) is 15.0 Å². The summed E-state index contributed by atoms with van der Waals surface area (Å²) in [5.41, 5.74) is 0.793. The fourth-order valence-electron chi connectivity index (χ4n) is 3.33. The number of amides is 1. The number of nitrogens with one attached hydrogen (secondary N) is 1. The second kappa shape index (κ2) is 10.9. The van der Waals surface area contributed by atoms with Crippen molar-refractivity contribution < 1.29 is 28.2 Å². The number of halogens is 2.